The van der Waals surface area contributed by atoms with Crippen LogP contribution < -0.4 is 0 Å². The minimum Gasteiger partial charge on any atom is -0.478 e. The van der Waals surface area contributed by atoms with E-state index >= 15 is 0 Å². The highest BCUT2D eigenvalue weighted by atomic mass is 19.4. The fourth-order valence-electron chi connectivity index (χ4n) is 2.99. The molecule has 0 amide bonds. The van der Waals surface area contributed by atoms with Crippen molar-refractivity contribution in [2.75, 3.05) is 0 Å². The molecule has 3 rings (SSSR count). The first-order valence-electron chi connectivity index (χ1n) is 8.64. The van der Waals surface area contributed by atoms with Gasteiger partial charge < -0.3 is 5.11 Å². The highest BCUT2D eigenvalue weighted by Crippen LogP contribution is 2.33. The Bertz CT molecular complexity index is 996. The van der Waals surface area contributed by atoms with Crippen LogP contribution in [0.4, 0.5) is 13.2 Å². The Labute approximate surface area is 154 Å². The van der Waals surface area contributed by atoms with Crippen molar-refractivity contribution < 1.29 is 23.1 Å². The van der Waals surface area contributed by atoms with E-state index in [0.29, 0.717) is 10.9 Å². The molecule has 1 N–H and O–H groups in total. The zero-order chi connectivity index (χ0) is 19.6. The van der Waals surface area contributed by atoms with Crippen molar-refractivity contribution in [1.82, 2.24) is 4.98 Å². The Morgan fingerprint density at radius 3 is 2.56 bits per heavy atom. The molecule has 2 aromatic carbocycles. The Hall–Kier alpha value is -2.89. The van der Waals surface area contributed by atoms with Gasteiger partial charge in [0.1, 0.15) is 0 Å². The summed E-state index contributed by atoms with van der Waals surface area (Å²) in [6.07, 6.45) is -1.63. The molecule has 0 aliphatic carbocycles. The summed E-state index contributed by atoms with van der Waals surface area (Å²) < 4.78 is 38.9. The van der Waals surface area contributed by atoms with E-state index in [1.807, 2.05) is 6.07 Å². The molecular weight excluding hydrogens is 355 g/mol. The number of alkyl halides is 3. The summed E-state index contributed by atoms with van der Waals surface area (Å²) in [7, 11) is 0. The van der Waals surface area contributed by atoms with Gasteiger partial charge >= 0.3 is 12.1 Å². The number of carbonyl (C=O) groups is 1. The van der Waals surface area contributed by atoms with Crippen molar-refractivity contribution in [2.45, 2.75) is 32.4 Å². The quantitative estimate of drug-likeness (QED) is 0.600. The van der Waals surface area contributed by atoms with E-state index in [4.69, 9.17) is 0 Å². The standard InChI is InChI=1S/C21H18F3NO2/c1-2-3-5-13-8-9-18-16(10-13)17(20(26)27)12-19(25-18)14-6-4-7-15(11-14)21(22,23)24/h4,6-12H,2-3,5H2,1H3,(H,26,27). The topological polar surface area (TPSA) is 50.2 Å². The fraction of sp³-hybridized carbons (Fsp3) is 0.238. The van der Waals surface area contributed by atoms with Crippen LogP contribution in [0.1, 0.15) is 41.3 Å². The lowest BCUT2D eigenvalue weighted by Gasteiger charge is -2.11. The minimum atomic E-state index is -4.48. The normalized spacial score (nSPS) is 11.7. The molecular formula is C21H18F3NO2. The number of aromatic carboxylic acids is 1. The van der Waals surface area contributed by atoms with Gasteiger partial charge in [0.25, 0.3) is 0 Å². The number of carboxylic acids is 1. The van der Waals surface area contributed by atoms with Crippen molar-refractivity contribution in [1.29, 1.82) is 0 Å². The number of rotatable bonds is 5. The van der Waals surface area contributed by atoms with Crippen molar-refractivity contribution in [3.05, 3.63) is 65.2 Å². The second kappa shape index (κ2) is 7.39. The zero-order valence-electron chi connectivity index (χ0n) is 14.7. The molecule has 1 aromatic heterocycles. The van der Waals surface area contributed by atoms with Gasteiger partial charge in [0.2, 0.25) is 0 Å². The summed E-state index contributed by atoms with van der Waals surface area (Å²) in [5.41, 5.74) is 1.12. The van der Waals surface area contributed by atoms with E-state index in [0.717, 1.165) is 37.0 Å². The van der Waals surface area contributed by atoms with E-state index in [1.54, 1.807) is 12.1 Å². The summed E-state index contributed by atoms with van der Waals surface area (Å²) in [5.74, 6) is -1.14. The summed E-state index contributed by atoms with van der Waals surface area (Å²) >= 11 is 0. The molecule has 0 aliphatic heterocycles. The number of hydrogen-bond acceptors (Lipinski definition) is 2. The van der Waals surface area contributed by atoms with Crippen LogP contribution in [0.25, 0.3) is 22.2 Å². The molecule has 0 saturated carbocycles. The third-order valence-electron chi connectivity index (χ3n) is 4.41. The monoisotopic (exact) mass is 373 g/mol. The van der Waals surface area contributed by atoms with Gasteiger partial charge in [-0.3, -0.25) is 0 Å². The number of aromatic nitrogens is 1. The van der Waals surface area contributed by atoms with Crippen LogP contribution >= 0.6 is 0 Å². The molecule has 0 atom stereocenters. The summed E-state index contributed by atoms with van der Waals surface area (Å²) in [4.78, 5) is 16.1. The Morgan fingerprint density at radius 2 is 1.89 bits per heavy atom. The molecule has 27 heavy (non-hydrogen) atoms. The molecule has 1 heterocycles. The van der Waals surface area contributed by atoms with Crippen molar-refractivity contribution >= 4 is 16.9 Å². The predicted octanol–water partition coefficient (Wildman–Crippen LogP) is 5.96. The predicted molar refractivity (Wildman–Crippen MR) is 97.8 cm³/mol. The smallest absolute Gasteiger partial charge is 0.416 e. The maximum atomic E-state index is 13.0. The van der Waals surface area contributed by atoms with Crippen LogP contribution in [0, 0.1) is 0 Å². The van der Waals surface area contributed by atoms with Crippen molar-refractivity contribution in [2.24, 2.45) is 0 Å². The minimum absolute atomic E-state index is 0.0331. The first-order chi connectivity index (χ1) is 12.8. The average Bonchev–Trinajstić information content (AvgIpc) is 2.64. The summed E-state index contributed by atoms with van der Waals surface area (Å²) in [6, 6.07) is 11.5. The van der Waals surface area contributed by atoms with Gasteiger partial charge in [-0.2, -0.15) is 13.2 Å². The summed E-state index contributed by atoms with van der Waals surface area (Å²) in [6.45, 7) is 2.08. The van der Waals surface area contributed by atoms with Crippen LogP contribution in [0.2, 0.25) is 0 Å². The number of benzene rings is 2. The first kappa shape index (κ1) is 18.9. The van der Waals surface area contributed by atoms with E-state index in [2.05, 4.69) is 11.9 Å². The van der Waals surface area contributed by atoms with Gasteiger partial charge in [0, 0.05) is 10.9 Å². The zero-order valence-corrected chi connectivity index (χ0v) is 14.7. The first-order valence-corrected chi connectivity index (χ1v) is 8.64. The maximum absolute atomic E-state index is 13.0. The third kappa shape index (κ3) is 4.10. The highest BCUT2D eigenvalue weighted by Gasteiger charge is 2.30. The van der Waals surface area contributed by atoms with Crippen molar-refractivity contribution in [3.8, 4) is 11.3 Å². The van der Waals surface area contributed by atoms with E-state index in [1.165, 1.54) is 18.2 Å². The number of halogens is 3. The molecule has 140 valence electrons. The van der Waals surface area contributed by atoms with Crippen LogP contribution in [-0.2, 0) is 12.6 Å². The Balaban J connectivity index is 2.14. The lowest BCUT2D eigenvalue weighted by atomic mass is 9.99. The van der Waals surface area contributed by atoms with E-state index < -0.39 is 17.7 Å². The number of aryl methyl sites for hydroxylation is 1. The fourth-order valence-corrected chi connectivity index (χ4v) is 2.99. The largest absolute Gasteiger partial charge is 0.478 e. The number of pyridine rings is 1. The molecule has 0 fully saturated rings. The molecule has 0 bridgehead atoms. The molecule has 0 unspecified atom stereocenters. The van der Waals surface area contributed by atoms with Gasteiger partial charge in [-0.1, -0.05) is 31.5 Å². The molecule has 6 heteroatoms. The summed E-state index contributed by atoms with van der Waals surface area (Å²) in [5, 5.41) is 10.1. The van der Waals surface area contributed by atoms with Crippen LogP contribution in [0.15, 0.2) is 48.5 Å². The van der Waals surface area contributed by atoms with Gasteiger partial charge in [0.05, 0.1) is 22.3 Å². The highest BCUT2D eigenvalue weighted by molar-refractivity contribution is 6.04. The number of fused-ring (bicyclic) bond motifs is 1. The number of hydrogen-bond donors (Lipinski definition) is 1. The second-order valence-electron chi connectivity index (χ2n) is 6.39. The van der Waals surface area contributed by atoms with Gasteiger partial charge in [-0.05, 0) is 48.7 Å². The molecule has 0 saturated heterocycles. The van der Waals surface area contributed by atoms with Gasteiger partial charge in [-0.15, -0.1) is 0 Å². The molecule has 3 aromatic rings. The molecule has 0 aliphatic rings. The number of carboxylic acid groups (broad SMARTS) is 1. The Kier molecular flexibility index (Phi) is 5.17. The van der Waals surface area contributed by atoms with Gasteiger partial charge in [-0.25, -0.2) is 9.78 Å². The Morgan fingerprint density at radius 1 is 1.11 bits per heavy atom. The molecule has 3 nitrogen and oxygen atoms in total. The van der Waals surface area contributed by atoms with Crippen LogP contribution in [0.5, 0.6) is 0 Å². The molecule has 0 radical (unpaired) electrons. The second-order valence-corrected chi connectivity index (χ2v) is 6.39. The number of nitrogens with zero attached hydrogens (tertiary/aromatic N) is 1. The van der Waals surface area contributed by atoms with Crippen molar-refractivity contribution in [3.63, 3.8) is 0 Å². The van der Waals surface area contributed by atoms with Gasteiger partial charge in [0.15, 0.2) is 0 Å². The van der Waals surface area contributed by atoms with Crippen LogP contribution in [-0.4, -0.2) is 16.1 Å². The lowest BCUT2D eigenvalue weighted by Crippen LogP contribution is -2.05. The molecule has 0 spiro atoms. The number of unbranched alkanes of at least 4 members (excludes halogenated alkanes) is 1. The van der Waals surface area contributed by atoms with E-state index in [-0.39, 0.29) is 16.8 Å². The van der Waals surface area contributed by atoms with E-state index in [9.17, 15) is 23.1 Å². The average molecular weight is 373 g/mol. The maximum Gasteiger partial charge on any atom is 0.416 e. The third-order valence-corrected chi connectivity index (χ3v) is 4.41. The van der Waals surface area contributed by atoms with Crippen LogP contribution in [0.3, 0.4) is 0 Å². The lowest BCUT2D eigenvalue weighted by molar-refractivity contribution is -0.137. The SMILES string of the molecule is CCCCc1ccc2nc(-c3cccc(C(F)(F)F)c3)cc(C(=O)O)c2c1.